The van der Waals surface area contributed by atoms with Crippen LogP contribution in [0, 0.1) is 6.07 Å². The maximum absolute atomic E-state index is 4.83. The first kappa shape index (κ1) is 15.6. The van der Waals surface area contributed by atoms with E-state index in [2.05, 4.69) is 35.2 Å². The number of benzene rings is 3. The fourth-order valence-electron chi connectivity index (χ4n) is 3.57. The summed E-state index contributed by atoms with van der Waals surface area (Å²) in [5.41, 5.74) is 3.06. The molecule has 131 valence electrons. The van der Waals surface area contributed by atoms with Gasteiger partial charge in [0.15, 0.2) is 11.6 Å². The minimum Gasteiger partial charge on any atom is -0.274 e. The molecule has 0 amide bonds. The van der Waals surface area contributed by atoms with Gasteiger partial charge >= 0.3 is 0 Å². The summed E-state index contributed by atoms with van der Waals surface area (Å²) < 4.78 is 3.82. The van der Waals surface area contributed by atoms with Gasteiger partial charge in [-0.3, -0.25) is 14.3 Å². The van der Waals surface area contributed by atoms with Crippen molar-refractivity contribution < 1.29 is 0 Å². The Morgan fingerprint density at radius 2 is 1.22 bits per heavy atom. The summed E-state index contributed by atoms with van der Waals surface area (Å²) in [5.74, 6) is 1.69. The molecule has 5 rings (SSSR count). The molecule has 0 aliphatic carbocycles. The van der Waals surface area contributed by atoms with E-state index >= 15 is 0 Å². The van der Waals surface area contributed by atoms with E-state index in [9.17, 15) is 0 Å². The van der Waals surface area contributed by atoms with E-state index in [1.165, 1.54) is 0 Å². The third-order valence-electron chi connectivity index (χ3n) is 4.83. The molecule has 0 bridgehead atoms. The van der Waals surface area contributed by atoms with Gasteiger partial charge in [-0.2, -0.15) is 10.2 Å². The van der Waals surface area contributed by atoms with Crippen molar-refractivity contribution in [2.24, 2.45) is 14.1 Å². The highest BCUT2D eigenvalue weighted by Gasteiger charge is 2.23. The van der Waals surface area contributed by atoms with Crippen molar-refractivity contribution in [3.63, 3.8) is 0 Å². The molecule has 0 aliphatic rings. The summed E-state index contributed by atoms with van der Waals surface area (Å²) in [6.45, 7) is 0. The first-order valence-electron chi connectivity index (χ1n) is 8.84. The molecule has 27 heavy (non-hydrogen) atoms. The number of hydrogen-bond donors (Lipinski definition) is 0. The Bertz CT molecular complexity index is 1170. The van der Waals surface area contributed by atoms with Gasteiger partial charge in [0, 0.05) is 30.9 Å². The highest BCUT2D eigenvalue weighted by atomic mass is 15.4. The first-order chi connectivity index (χ1) is 13.2. The molecular weight excluding hydrogens is 334 g/mol. The van der Waals surface area contributed by atoms with E-state index in [1.807, 2.05) is 72.0 Å². The van der Waals surface area contributed by atoms with Crippen LogP contribution in [0.25, 0.3) is 21.8 Å². The molecule has 0 atom stereocenters. The van der Waals surface area contributed by atoms with Gasteiger partial charge < -0.3 is 0 Å². The summed E-state index contributed by atoms with van der Waals surface area (Å²) in [5, 5.41) is 11.8. The lowest BCUT2D eigenvalue weighted by molar-refractivity contribution is 0.781. The lowest BCUT2D eigenvalue weighted by Crippen LogP contribution is -2.12. The van der Waals surface area contributed by atoms with Crippen LogP contribution < -0.4 is 4.90 Å². The van der Waals surface area contributed by atoms with Gasteiger partial charge in [0.05, 0.1) is 16.7 Å². The van der Waals surface area contributed by atoms with E-state index < -0.39 is 0 Å². The van der Waals surface area contributed by atoms with Gasteiger partial charge in [0.2, 0.25) is 0 Å². The van der Waals surface area contributed by atoms with Gasteiger partial charge in [0.1, 0.15) is 0 Å². The highest BCUT2D eigenvalue weighted by molar-refractivity contribution is 6.01. The van der Waals surface area contributed by atoms with Crippen LogP contribution in [0.5, 0.6) is 0 Å². The molecule has 0 saturated heterocycles. The van der Waals surface area contributed by atoms with Crippen LogP contribution in [-0.2, 0) is 14.1 Å². The minimum atomic E-state index is 0.847. The van der Waals surface area contributed by atoms with Gasteiger partial charge in [-0.05, 0) is 30.3 Å². The largest absolute Gasteiger partial charge is 0.274 e. The maximum atomic E-state index is 4.83. The lowest BCUT2D eigenvalue weighted by atomic mass is 10.2. The Labute approximate surface area is 157 Å². The molecule has 3 aromatic carbocycles. The third-order valence-corrected chi connectivity index (χ3v) is 4.83. The number of aromatic nitrogens is 4. The second-order valence-corrected chi connectivity index (χ2v) is 6.51. The van der Waals surface area contributed by atoms with Gasteiger partial charge in [-0.25, -0.2) is 0 Å². The summed E-state index contributed by atoms with van der Waals surface area (Å²) >= 11 is 0. The van der Waals surface area contributed by atoms with Crippen LogP contribution in [0.1, 0.15) is 0 Å². The van der Waals surface area contributed by atoms with Crippen LogP contribution in [0.3, 0.4) is 0 Å². The van der Waals surface area contributed by atoms with Crippen molar-refractivity contribution in [2.75, 3.05) is 4.90 Å². The Morgan fingerprint density at radius 1 is 0.704 bits per heavy atom. The predicted molar refractivity (Wildman–Crippen MR) is 109 cm³/mol. The van der Waals surface area contributed by atoms with Crippen molar-refractivity contribution in [3.8, 4) is 0 Å². The SMILES string of the molecule is Cn1nc(N(c2[c]cccc2)c2nn(C)c3ccccc23)c2ccccc21. The number of aryl methyl sites for hydroxylation is 2. The lowest BCUT2D eigenvalue weighted by Gasteiger charge is -2.20. The smallest absolute Gasteiger partial charge is 0.168 e. The molecule has 5 heteroatoms. The molecule has 0 aliphatic heterocycles. The zero-order chi connectivity index (χ0) is 18.4. The van der Waals surface area contributed by atoms with Crippen LogP contribution in [0.2, 0.25) is 0 Å². The summed E-state index contributed by atoms with van der Waals surface area (Å²) in [6, 6.07) is 27.8. The zero-order valence-electron chi connectivity index (χ0n) is 15.2. The van der Waals surface area contributed by atoms with Crippen LogP contribution in [0.4, 0.5) is 17.3 Å². The monoisotopic (exact) mass is 352 g/mol. The standard InChI is InChI=1S/C22H18N5/c1-25-19-14-8-6-12-17(19)21(23-25)27(16-10-4-3-5-11-16)22-18-13-7-9-15-20(18)26(2)24-22/h3-10,12-15H,1-2H3. The number of para-hydroxylation sites is 3. The minimum absolute atomic E-state index is 0.847. The first-order valence-corrected chi connectivity index (χ1v) is 8.84. The average Bonchev–Trinajstić information content (AvgIpc) is 3.22. The quantitative estimate of drug-likeness (QED) is 0.471. The number of nitrogens with zero attached hydrogens (tertiary/aromatic N) is 5. The van der Waals surface area contributed by atoms with E-state index in [1.54, 1.807) is 0 Å². The van der Waals surface area contributed by atoms with Crippen LogP contribution >= 0.6 is 0 Å². The van der Waals surface area contributed by atoms with Crippen molar-refractivity contribution >= 4 is 39.1 Å². The fraction of sp³-hybridized carbons (Fsp3) is 0.0909. The zero-order valence-corrected chi connectivity index (χ0v) is 15.2. The number of fused-ring (bicyclic) bond motifs is 2. The fourth-order valence-corrected chi connectivity index (χ4v) is 3.57. The molecule has 0 unspecified atom stereocenters. The maximum Gasteiger partial charge on any atom is 0.168 e. The van der Waals surface area contributed by atoms with Crippen molar-refractivity contribution in [2.45, 2.75) is 0 Å². The van der Waals surface area contributed by atoms with Gasteiger partial charge in [-0.1, -0.05) is 42.5 Å². The summed E-state index contributed by atoms with van der Waals surface area (Å²) in [4.78, 5) is 2.09. The topological polar surface area (TPSA) is 38.9 Å². The average molecular weight is 352 g/mol. The molecule has 0 N–H and O–H groups in total. The number of rotatable bonds is 3. The third kappa shape index (κ3) is 2.39. The highest BCUT2D eigenvalue weighted by Crippen LogP contribution is 2.39. The van der Waals surface area contributed by atoms with E-state index in [4.69, 9.17) is 10.2 Å². The molecule has 0 saturated carbocycles. The molecule has 0 fully saturated rings. The van der Waals surface area contributed by atoms with Crippen LogP contribution in [-0.4, -0.2) is 19.6 Å². The summed E-state index contributed by atoms with van der Waals surface area (Å²) in [6.07, 6.45) is 0. The Kier molecular flexibility index (Phi) is 3.47. The summed E-state index contributed by atoms with van der Waals surface area (Å²) in [7, 11) is 3.94. The molecule has 0 spiro atoms. The van der Waals surface area contributed by atoms with Gasteiger partial charge in [0.25, 0.3) is 0 Å². The van der Waals surface area contributed by atoms with Crippen LogP contribution in [0.15, 0.2) is 72.8 Å². The Hall–Kier alpha value is -3.60. The number of hydrogen-bond acceptors (Lipinski definition) is 3. The predicted octanol–water partition coefficient (Wildman–Crippen LogP) is 4.73. The Balaban J connectivity index is 1.85. The second kappa shape index (κ2) is 5.99. The Morgan fingerprint density at radius 3 is 1.74 bits per heavy atom. The molecule has 1 radical (unpaired) electrons. The van der Waals surface area contributed by atoms with Crippen molar-refractivity contribution in [1.29, 1.82) is 0 Å². The molecule has 2 aromatic heterocycles. The van der Waals surface area contributed by atoms with Crippen molar-refractivity contribution in [3.05, 3.63) is 78.9 Å². The molecule has 5 aromatic rings. The normalized spacial score (nSPS) is 11.3. The molecular formula is C22H18N5. The van der Waals surface area contributed by atoms with Gasteiger partial charge in [-0.15, -0.1) is 0 Å². The molecule has 2 heterocycles. The van der Waals surface area contributed by atoms with E-state index in [0.717, 1.165) is 39.1 Å². The molecule has 5 nitrogen and oxygen atoms in total. The van der Waals surface area contributed by atoms with E-state index in [0.29, 0.717) is 0 Å². The van der Waals surface area contributed by atoms with Crippen molar-refractivity contribution in [1.82, 2.24) is 19.6 Å². The van der Waals surface area contributed by atoms with E-state index in [-0.39, 0.29) is 0 Å². The number of anilines is 3. The second-order valence-electron chi connectivity index (χ2n) is 6.51.